The van der Waals surface area contributed by atoms with Crippen LogP contribution >= 0.6 is 0 Å². The molecule has 0 radical (unpaired) electrons. The van der Waals surface area contributed by atoms with E-state index >= 15 is 0 Å². The predicted molar refractivity (Wildman–Crippen MR) is 60.1 cm³/mol. The van der Waals surface area contributed by atoms with Gasteiger partial charge in [0.25, 0.3) is 0 Å². The van der Waals surface area contributed by atoms with Crippen molar-refractivity contribution in [2.75, 3.05) is 7.05 Å². The van der Waals surface area contributed by atoms with Gasteiger partial charge < -0.3 is 5.32 Å². The lowest BCUT2D eigenvalue weighted by molar-refractivity contribution is 0.382. The zero-order valence-corrected chi connectivity index (χ0v) is 9.63. The third-order valence-corrected chi connectivity index (χ3v) is 2.71. The van der Waals surface area contributed by atoms with Crippen molar-refractivity contribution in [1.82, 2.24) is 10.3 Å². The van der Waals surface area contributed by atoms with Crippen LogP contribution in [-0.4, -0.2) is 12.0 Å². The van der Waals surface area contributed by atoms with Crippen LogP contribution in [0.25, 0.3) is 0 Å². The molecule has 1 aromatic rings. The van der Waals surface area contributed by atoms with E-state index in [1.165, 1.54) is 6.20 Å². The highest BCUT2D eigenvalue weighted by molar-refractivity contribution is 5.15. The van der Waals surface area contributed by atoms with Crippen molar-refractivity contribution in [2.24, 2.45) is 5.92 Å². The number of halogens is 1. The van der Waals surface area contributed by atoms with Crippen molar-refractivity contribution in [2.45, 2.75) is 32.7 Å². The van der Waals surface area contributed by atoms with Crippen molar-refractivity contribution in [3.05, 3.63) is 29.8 Å². The molecule has 3 heteroatoms. The number of nitrogens with one attached hydrogen (secondary N) is 1. The second-order valence-corrected chi connectivity index (χ2v) is 3.97. The molecule has 0 aliphatic carbocycles. The van der Waals surface area contributed by atoms with Crippen molar-refractivity contribution in [3.8, 4) is 0 Å². The molecule has 1 heterocycles. The van der Waals surface area contributed by atoms with Gasteiger partial charge in [-0.25, -0.2) is 4.39 Å². The highest BCUT2D eigenvalue weighted by Crippen LogP contribution is 2.24. The van der Waals surface area contributed by atoms with Crippen LogP contribution in [0.4, 0.5) is 4.39 Å². The van der Waals surface area contributed by atoms with Crippen LogP contribution in [0.2, 0.25) is 0 Å². The van der Waals surface area contributed by atoms with E-state index in [9.17, 15) is 4.39 Å². The second kappa shape index (κ2) is 5.81. The Balaban J connectivity index is 2.82. The van der Waals surface area contributed by atoms with Crippen molar-refractivity contribution < 1.29 is 4.39 Å². The SMILES string of the molecule is CCCC(C)C(NC)c1cncc(F)c1. The third kappa shape index (κ3) is 3.27. The second-order valence-electron chi connectivity index (χ2n) is 3.97. The summed E-state index contributed by atoms with van der Waals surface area (Å²) in [5, 5.41) is 3.22. The van der Waals surface area contributed by atoms with Gasteiger partial charge in [0.1, 0.15) is 5.82 Å². The average Bonchev–Trinajstić information content (AvgIpc) is 2.19. The molecule has 0 aromatic carbocycles. The molecule has 0 bridgehead atoms. The molecule has 2 atom stereocenters. The zero-order chi connectivity index (χ0) is 11.3. The highest BCUT2D eigenvalue weighted by Gasteiger charge is 2.17. The van der Waals surface area contributed by atoms with Crippen molar-refractivity contribution in [3.63, 3.8) is 0 Å². The molecule has 2 unspecified atom stereocenters. The molecular weight excluding hydrogens is 191 g/mol. The van der Waals surface area contributed by atoms with Gasteiger partial charge in [-0.2, -0.15) is 0 Å². The van der Waals surface area contributed by atoms with Crippen molar-refractivity contribution in [1.29, 1.82) is 0 Å². The first-order chi connectivity index (χ1) is 7.19. The van der Waals surface area contributed by atoms with Gasteiger partial charge in [-0.3, -0.25) is 4.98 Å². The third-order valence-electron chi connectivity index (χ3n) is 2.71. The minimum absolute atomic E-state index is 0.188. The minimum atomic E-state index is -0.267. The lowest BCUT2D eigenvalue weighted by atomic mass is 9.92. The number of hydrogen-bond donors (Lipinski definition) is 1. The Morgan fingerprint density at radius 2 is 2.20 bits per heavy atom. The fraction of sp³-hybridized carbons (Fsp3) is 0.583. The Bertz CT molecular complexity index is 301. The summed E-state index contributed by atoms with van der Waals surface area (Å²) in [7, 11) is 1.90. The number of nitrogens with zero attached hydrogens (tertiary/aromatic N) is 1. The van der Waals surface area contributed by atoms with Gasteiger partial charge in [-0.15, -0.1) is 0 Å². The maximum Gasteiger partial charge on any atom is 0.141 e. The molecule has 1 N–H and O–H groups in total. The van der Waals surface area contributed by atoms with Gasteiger partial charge in [0, 0.05) is 12.2 Å². The monoisotopic (exact) mass is 210 g/mol. The quantitative estimate of drug-likeness (QED) is 0.808. The largest absolute Gasteiger partial charge is 0.313 e. The maximum absolute atomic E-state index is 13.0. The van der Waals surface area contributed by atoms with E-state index in [0.29, 0.717) is 5.92 Å². The van der Waals surface area contributed by atoms with Crippen LogP contribution in [0.15, 0.2) is 18.5 Å². The van der Waals surface area contributed by atoms with Gasteiger partial charge in [0.05, 0.1) is 6.20 Å². The molecule has 0 saturated carbocycles. The lowest BCUT2D eigenvalue weighted by Gasteiger charge is -2.23. The van der Waals surface area contributed by atoms with E-state index < -0.39 is 0 Å². The Morgan fingerprint density at radius 1 is 1.47 bits per heavy atom. The smallest absolute Gasteiger partial charge is 0.141 e. The summed E-state index contributed by atoms with van der Waals surface area (Å²) >= 11 is 0. The topological polar surface area (TPSA) is 24.9 Å². The first-order valence-electron chi connectivity index (χ1n) is 5.46. The molecule has 0 amide bonds. The summed E-state index contributed by atoms with van der Waals surface area (Å²) in [5.74, 6) is 0.222. The minimum Gasteiger partial charge on any atom is -0.313 e. The number of aromatic nitrogens is 1. The molecule has 0 spiro atoms. The number of pyridine rings is 1. The molecule has 0 saturated heterocycles. The predicted octanol–water partition coefficient (Wildman–Crippen LogP) is 2.92. The van der Waals surface area contributed by atoms with Crippen LogP contribution in [0, 0.1) is 11.7 Å². The standard InChI is InChI=1S/C12H19FN2/c1-4-5-9(2)12(14-3)10-6-11(13)8-15-7-10/h6-9,12,14H,4-5H2,1-3H3. The van der Waals surface area contributed by atoms with Gasteiger partial charge in [0.15, 0.2) is 0 Å². The number of hydrogen-bond acceptors (Lipinski definition) is 2. The van der Waals surface area contributed by atoms with Crippen LogP contribution in [0.5, 0.6) is 0 Å². The molecule has 2 nitrogen and oxygen atoms in total. The van der Waals surface area contributed by atoms with Gasteiger partial charge in [-0.1, -0.05) is 20.3 Å². The Kier molecular flexibility index (Phi) is 4.69. The van der Waals surface area contributed by atoms with E-state index in [0.717, 1.165) is 18.4 Å². The lowest BCUT2D eigenvalue weighted by Crippen LogP contribution is -2.23. The van der Waals surface area contributed by atoms with Gasteiger partial charge in [0.2, 0.25) is 0 Å². The van der Waals surface area contributed by atoms with E-state index in [1.807, 2.05) is 7.05 Å². The number of rotatable bonds is 5. The van der Waals surface area contributed by atoms with Crippen LogP contribution in [0.3, 0.4) is 0 Å². The molecule has 0 aliphatic rings. The Morgan fingerprint density at radius 3 is 2.73 bits per heavy atom. The summed E-state index contributed by atoms with van der Waals surface area (Å²) in [5.41, 5.74) is 0.929. The summed E-state index contributed by atoms with van der Waals surface area (Å²) < 4.78 is 13.0. The van der Waals surface area contributed by atoms with Gasteiger partial charge in [-0.05, 0) is 31.0 Å². The molecule has 0 aliphatic heterocycles. The molecule has 15 heavy (non-hydrogen) atoms. The molecule has 1 aromatic heterocycles. The molecule has 1 rings (SSSR count). The maximum atomic E-state index is 13.0. The van der Waals surface area contributed by atoms with E-state index in [1.54, 1.807) is 12.3 Å². The van der Waals surface area contributed by atoms with Crippen LogP contribution in [0.1, 0.15) is 38.3 Å². The van der Waals surface area contributed by atoms with E-state index in [2.05, 4.69) is 24.1 Å². The highest BCUT2D eigenvalue weighted by atomic mass is 19.1. The fourth-order valence-corrected chi connectivity index (χ4v) is 2.00. The zero-order valence-electron chi connectivity index (χ0n) is 9.63. The molecular formula is C12H19FN2. The average molecular weight is 210 g/mol. The molecule has 84 valence electrons. The normalized spacial score (nSPS) is 14.9. The first kappa shape index (κ1) is 12.1. The molecule has 0 fully saturated rings. The summed E-state index contributed by atoms with van der Waals surface area (Å²) in [4.78, 5) is 3.88. The summed E-state index contributed by atoms with van der Waals surface area (Å²) in [6, 6.07) is 1.74. The Hall–Kier alpha value is -0.960. The Labute approximate surface area is 90.9 Å². The van der Waals surface area contributed by atoms with Crippen LogP contribution < -0.4 is 5.32 Å². The summed E-state index contributed by atoms with van der Waals surface area (Å²) in [6.07, 6.45) is 5.24. The first-order valence-corrected chi connectivity index (χ1v) is 5.46. The fourth-order valence-electron chi connectivity index (χ4n) is 2.00. The van der Waals surface area contributed by atoms with Crippen LogP contribution in [-0.2, 0) is 0 Å². The van der Waals surface area contributed by atoms with Gasteiger partial charge >= 0.3 is 0 Å². The van der Waals surface area contributed by atoms with E-state index in [-0.39, 0.29) is 11.9 Å². The summed E-state index contributed by atoms with van der Waals surface area (Å²) in [6.45, 7) is 4.34. The van der Waals surface area contributed by atoms with E-state index in [4.69, 9.17) is 0 Å². The van der Waals surface area contributed by atoms with Crippen molar-refractivity contribution >= 4 is 0 Å².